The van der Waals surface area contributed by atoms with Crippen molar-refractivity contribution in [3.63, 3.8) is 0 Å². The van der Waals surface area contributed by atoms with Crippen LogP contribution in [0.3, 0.4) is 0 Å². The molecule has 1 atom stereocenters. The van der Waals surface area contributed by atoms with E-state index in [1.165, 1.54) is 0 Å². The molecule has 0 radical (unpaired) electrons. The quantitative estimate of drug-likeness (QED) is 0.840. The van der Waals surface area contributed by atoms with E-state index in [1.54, 1.807) is 6.92 Å². The van der Waals surface area contributed by atoms with Gasteiger partial charge >= 0.3 is 0 Å². The van der Waals surface area contributed by atoms with Gasteiger partial charge in [0.15, 0.2) is 0 Å². The zero-order valence-electron chi connectivity index (χ0n) is 10.8. The van der Waals surface area contributed by atoms with Crippen LogP contribution < -0.4 is 5.32 Å². The first-order valence-electron chi connectivity index (χ1n) is 6.13. The van der Waals surface area contributed by atoms with Gasteiger partial charge in [-0.3, -0.25) is 4.68 Å². The van der Waals surface area contributed by atoms with Gasteiger partial charge in [0, 0.05) is 37.5 Å². The number of hydrogen-bond acceptors (Lipinski definition) is 3. The molecule has 0 spiro atoms. The average Bonchev–Trinajstić information content (AvgIpc) is 2.71. The average molecular weight is 245 g/mol. The van der Waals surface area contributed by atoms with Gasteiger partial charge in [0.1, 0.15) is 0 Å². The van der Waals surface area contributed by atoms with Crippen molar-refractivity contribution in [1.82, 2.24) is 15.1 Å². The Kier molecular flexibility index (Phi) is 4.12. The molecule has 2 N–H and O–H groups in total. The number of aliphatic hydroxyl groups excluding tert-OH is 1. The lowest BCUT2D eigenvalue weighted by Crippen LogP contribution is -2.23. The Morgan fingerprint density at radius 3 is 2.72 bits per heavy atom. The molecule has 1 aromatic heterocycles. The molecule has 0 bridgehead atoms. The van der Waals surface area contributed by atoms with E-state index >= 15 is 0 Å². The highest BCUT2D eigenvalue weighted by Crippen LogP contribution is 2.21. The van der Waals surface area contributed by atoms with E-state index < -0.39 is 0 Å². The second-order valence-electron chi connectivity index (χ2n) is 4.52. The normalized spacial score (nSPS) is 12.6. The van der Waals surface area contributed by atoms with Gasteiger partial charge in [-0.25, -0.2) is 0 Å². The van der Waals surface area contributed by atoms with Crippen molar-refractivity contribution < 1.29 is 5.11 Å². The van der Waals surface area contributed by atoms with Gasteiger partial charge in [-0.05, 0) is 6.92 Å². The van der Waals surface area contributed by atoms with Crippen LogP contribution in [-0.2, 0) is 13.6 Å². The first-order valence-corrected chi connectivity index (χ1v) is 6.13. The predicted molar refractivity (Wildman–Crippen MR) is 72.0 cm³/mol. The summed E-state index contributed by atoms with van der Waals surface area (Å²) in [6, 6.07) is 10.1. The molecule has 0 aliphatic rings. The SMILES string of the molecule is CC(O)CNCc1cn(C)nc1-c1ccccc1. The first-order chi connectivity index (χ1) is 8.66. The fourth-order valence-corrected chi connectivity index (χ4v) is 1.92. The van der Waals surface area contributed by atoms with Crippen molar-refractivity contribution in [2.24, 2.45) is 7.05 Å². The van der Waals surface area contributed by atoms with Crippen molar-refractivity contribution in [2.45, 2.75) is 19.6 Å². The third-order valence-corrected chi connectivity index (χ3v) is 2.71. The molecule has 4 nitrogen and oxygen atoms in total. The molecular formula is C14H19N3O. The molecule has 4 heteroatoms. The van der Waals surface area contributed by atoms with Crippen LogP contribution in [0, 0.1) is 0 Å². The Bertz CT molecular complexity index is 491. The van der Waals surface area contributed by atoms with E-state index in [4.69, 9.17) is 0 Å². The summed E-state index contributed by atoms with van der Waals surface area (Å²) in [4.78, 5) is 0. The number of rotatable bonds is 5. The Morgan fingerprint density at radius 1 is 1.33 bits per heavy atom. The van der Waals surface area contributed by atoms with Crippen LogP contribution in [0.5, 0.6) is 0 Å². The van der Waals surface area contributed by atoms with Gasteiger partial charge in [-0.15, -0.1) is 0 Å². The van der Waals surface area contributed by atoms with E-state index in [2.05, 4.69) is 22.5 Å². The van der Waals surface area contributed by atoms with E-state index in [-0.39, 0.29) is 6.10 Å². The molecule has 0 aliphatic heterocycles. The number of aliphatic hydroxyl groups is 1. The van der Waals surface area contributed by atoms with Crippen LogP contribution in [0.2, 0.25) is 0 Å². The third kappa shape index (κ3) is 3.18. The minimum atomic E-state index is -0.332. The van der Waals surface area contributed by atoms with Crippen LogP contribution in [0.15, 0.2) is 36.5 Å². The van der Waals surface area contributed by atoms with Crippen molar-refractivity contribution in [3.05, 3.63) is 42.1 Å². The maximum atomic E-state index is 9.24. The molecule has 0 amide bonds. The second-order valence-corrected chi connectivity index (χ2v) is 4.52. The number of benzene rings is 1. The Morgan fingerprint density at radius 2 is 2.06 bits per heavy atom. The van der Waals surface area contributed by atoms with Crippen molar-refractivity contribution >= 4 is 0 Å². The van der Waals surface area contributed by atoms with Gasteiger partial charge in [0.05, 0.1) is 11.8 Å². The van der Waals surface area contributed by atoms with Crippen molar-refractivity contribution in [2.75, 3.05) is 6.54 Å². The summed E-state index contributed by atoms with van der Waals surface area (Å²) in [5.41, 5.74) is 3.26. The van der Waals surface area contributed by atoms with Crippen LogP contribution in [0.1, 0.15) is 12.5 Å². The molecule has 1 aromatic carbocycles. The van der Waals surface area contributed by atoms with Gasteiger partial charge in [-0.2, -0.15) is 5.10 Å². The van der Waals surface area contributed by atoms with Gasteiger partial charge in [0.2, 0.25) is 0 Å². The lowest BCUT2D eigenvalue weighted by atomic mass is 10.1. The summed E-state index contributed by atoms with van der Waals surface area (Å²) in [7, 11) is 1.92. The Hall–Kier alpha value is -1.65. The molecule has 2 rings (SSSR count). The zero-order valence-corrected chi connectivity index (χ0v) is 10.8. The summed E-state index contributed by atoms with van der Waals surface area (Å²) in [6.45, 7) is 3.07. The van der Waals surface area contributed by atoms with Crippen LogP contribution in [0.4, 0.5) is 0 Å². The van der Waals surface area contributed by atoms with E-state index in [1.807, 2.05) is 36.1 Å². The van der Waals surface area contributed by atoms with E-state index in [0.717, 1.165) is 16.8 Å². The molecule has 1 heterocycles. The monoisotopic (exact) mass is 245 g/mol. The number of aromatic nitrogens is 2. The molecule has 18 heavy (non-hydrogen) atoms. The fourth-order valence-electron chi connectivity index (χ4n) is 1.92. The lowest BCUT2D eigenvalue weighted by Gasteiger charge is -2.06. The molecule has 96 valence electrons. The smallest absolute Gasteiger partial charge is 0.0967 e. The molecule has 0 fully saturated rings. The number of aryl methyl sites for hydroxylation is 1. The number of hydrogen-bond donors (Lipinski definition) is 2. The molecule has 0 saturated heterocycles. The standard InChI is InChI=1S/C14H19N3O/c1-11(18)8-15-9-13-10-17(2)16-14(13)12-6-4-3-5-7-12/h3-7,10-11,15,18H,8-9H2,1-2H3. The molecule has 0 aliphatic carbocycles. The highest BCUT2D eigenvalue weighted by Gasteiger charge is 2.09. The third-order valence-electron chi connectivity index (χ3n) is 2.71. The van der Waals surface area contributed by atoms with Crippen LogP contribution in [0.25, 0.3) is 11.3 Å². The van der Waals surface area contributed by atoms with Crippen LogP contribution >= 0.6 is 0 Å². The molecular weight excluding hydrogens is 226 g/mol. The largest absolute Gasteiger partial charge is 0.392 e. The van der Waals surface area contributed by atoms with Gasteiger partial charge in [-0.1, -0.05) is 30.3 Å². The fraction of sp³-hybridized carbons (Fsp3) is 0.357. The minimum Gasteiger partial charge on any atom is -0.392 e. The van der Waals surface area contributed by atoms with Crippen LogP contribution in [-0.4, -0.2) is 27.5 Å². The topological polar surface area (TPSA) is 50.1 Å². The summed E-state index contributed by atoms with van der Waals surface area (Å²) in [5.74, 6) is 0. The minimum absolute atomic E-state index is 0.332. The zero-order chi connectivity index (χ0) is 13.0. The van der Waals surface area contributed by atoms with Gasteiger partial charge < -0.3 is 10.4 Å². The highest BCUT2D eigenvalue weighted by atomic mass is 16.3. The maximum Gasteiger partial charge on any atom is 0.0967 e. The van der Waals surface area contributed by atoms with Gasteiger partial charge in [0.25, 0.3) is 0 Å². The summed E-state index contributed by atoms with van der Waals surface area (Å²) < 4.78 is 1.82. The summed E-state index contributed by atoms with van der Waals surface area (Å²) in [6.07, 6.45) is 1.68. The van der Waals surface area contributed by atoms with E-state index in [9.17, 15) is 5.11 Å². The van der Waals surface area contributed by atoms with Crippen molar-refractivity contribution in [3.8, 4) is 11.3 Å². The predicted octanol–water partition coefficient (Wildman–Crippen LogP) is 1.56. The Balaban J connectivity index is 2.16. The molecule has 1 unspecified atom stereocenters. The number of nitrogens with zero attached hydrogens (tertiary/aromatic N) is 2. The van der Waals surface area contributed by atoms with Crippen molar-refractivity contribution in [1.29, 1.82) is 0 Å². The molecule has 2 aromatic rings. The van der Waals surface area contributed by atoms with E-state index in [0.29, 0.717) is 13.1 Å². The summed E-state index contributed by atoms with van der Waals surface area (Å²) in [5, 5.41) is 17.0. The lowest BCUT2D eigenvalue weighted by molar-refractivity contribution is 0.191. The second kappa shape index (κ2) is 5.80. The highest BCUT2D eigenvalue weighted by molar-refractivity contribution is 5.62. The number of nitrogens with one attached hydrogen (secondary N) is 1. The Labute approximate surface area is 107 Å². The molecule has 0 saturated carbocycles. The first kappa shape index (κ1) is 12.8. The summed E-state index contributed by atoms with van der Waals surface area (Å²) >= 11 is 0. The maximum absolute atomic E-state index is 9.24.